The number of aryl methyl sites for hydroxylation is 1. The number of hydrogen-bond acceptors (Lipinski definition) is 5. The van der Waals surface area contributed by atoms with Crippen molar-refractivity contribution in [3.63, 3.8) is 0 Å². The number of unbranched alkanes of at least 4 members (excludes halogenated alkanes) is 5. The summed E-state index contributed by atoms with van der Waals surface area (Å²) in [5.41, 5.74) is 2.67. The summed E-state index contributed by atoms with van der Waals surface area (Å²) in [6, 6.07) is 14.0. The number of aliphatic hydroxyl groups is 1. The fraction of sp³-hybridized carbons (Fsp3) is 0.400. The number of azo groups is 1. The Morgan fingerprint density at radius 2 is 1.27 bits per heavy atom. The molecule has 0 unspecified atom stereocenters. The molecule has 0 amide bonds. The van der Waals surface area contributed by atoms with E-state index in [4.69, 9.17) is 5.11 Å². The zero-order chi connectivity index (χ0) is 18.6. The van der Waals surface area contributed by atoms with Crippen LogP contribution in [0.15, 0.2) is 58.8 Å². The Balaban J connectivity index is 1.75. The topological polar surface area (TPSA) is 88.1 Å². The summed E-state index contributed by atoms with van der Waals surface area (Å²) in [6.07, 6.45) is 7.89. The van der Waals surface area contributed by atoms with Gasteiger partial charge < -0.3 is 5.11 Å². The summed E-state index contributed by atoms with van der Waals surface area (Å²) in [4.78, 5) is 10.2. The maximum atomic E-state index is 10.6. The number of benzene rings is 2. The molecule has 0 aromatic heterocycles. The van der Waals surface area contributed by atoms with Gasteiger partial charge >= 0.3 is 0 Å². The van der Waals surface area contributed by atoms with Crippen LogP contribution in [-0.2, 0) is 6.42 Å². The van der Waals surface area contributed by atoms with Crippen molar-refractivity contribution in [1.29, 1.82) is 0 Å². The Morgan fingerprint density at radius 3 is 1.81 bits per heavy atom. The molecule has 0 atom stereocenters. The van der Waals surface area contributed by atoms with Crippen LogP contribution in [0.25, 0.3) is 0 Å². The molecule has 0 saturated heterocycles. The standard InChI is InChI=1S/C20H25N3O3/c24-16-6-4-2-1-3-5-7-17-8-10-18(11-9-17)21-22-19-12-14-20(15-13-19)23(25)26/h8-15,24H,1-7,16H2. The lowest BCUT2D eigenvalue weighted by Gasteiger charge is -2.02. The third-order valence-corrected chi connectivity index (χ3v) is 4.15. The SMILES string of the molecule is O=[N+]([O-])c1ccc(N=Nc2ccc(CCCCCCCCO)cc2)cc1. The number of hydrogen-bond donors (Lipinski definition) is 1. The first-order chi connectivity index (χ1) is 12.7. The lowest BCUT2D eigenvalue weighted by Crippen LogP contribution is -1.87. The number of non-ortho nitro benzene ring substituents is 1. The fourth-order valence-corrected chi connectivity index (χ4v) is 2.63. The van der Waals surface area contributed by atoms with Gasteiger partial charge in [0.15, 0.2) is 0 Å². The van der Waals surface area contributed by atoms with E-state index in [1.54, 1.807) is 12.1 Å². The summed E-state index contributed by atoms with van der Waals surface area (Å²) in [5.74, 6) is 0. The highest BCUT2D eigenvalue weighted by molar-refractivity contribution is 5.45. The minimum Gasteiger partial charge on any atom is -0.396 e. The van der Waals surface area contributed by atoms with Gasteiger partial charge in [0, 0.05) is 18.7 Å². The van der Waals surface area contributed by atoms with Gasteiger partial charge in [0.05, 0.1) is 16.3 Å². The molecular weight excluding hydrogens is 330 g/mol. The van der Waals surface area contributed by atoms with Crippen LogP contribution in [-0.4, -0.2) is 16.6 Å². The maximum Gasteiger partial charge on any atom is 0.269 e. The summed E-state index contributed by atoms with van der Waals surface area (Å²) < 4.78 is 0. The van der Waals surface area contributed by atoms with Crippen molar-refractivity contribution in [2.45, 2.75) is 44.9 Å². The molecule has 6 nitrogen and oxygen atoms in total. The molecule has 0 radical (unpaired) electrons. The lowest BCUT2D eigenvalue weighted by atomic mass is 10.0. The number of nitro groups is 1. The zero-order valence-corrected chi connectivity index (χ0v) is 14.9. The number of nitrogens with zero attached hydrogens (tertiary/aromatic N) is 3. The van der Waals surface area contributed by atoms with Crippen molar-refractivity contribution in [1.82, 2.24) is 0 Å². The first kappa shape index (κ1) is 19.7. The summed E-state index contributed by atoms with van der Waals surface area (Å²) >= 11 is 0. The van der Waals surface area contributed by atoms with E-state index in [1.807, 2.05) is 12.1 Å². The van der Waals surface area contributed by atoms with Crippen LogP contribution < -0.4 is 0 Å². The van der Waals surface area contributed by atoms with Gasteiger partial charge in [0.2, 0.25) is 0 Å². The molecule has 6 heteroatoms. The minimum absolute atomic E-state index is 0.0432. The fourth-order valence-electron chi connectivity index (χ4n) is 2.63. The molecule has 2 rings (SSSR count). The average molecular weight is 355 g/mol. The van der Waals surface area contributed by atoms with E-state index in [1.165, 1.54) is 43.4 Å². The van der Waals surface area contributed by atoms with Crippen molar-refractivity contribution >= 4 is 17.1 Å². The van der Waals surface area contributed by atoms with Gasteiger partial charge in [-0.2, -0.15) is 10.2 Å². The van der Waals surface area contributed by atoms with E-state index in [9.17, 15) is 10.1 Å². The number of nitro benzene ring substituents is 1. The van der Waals surface area contributed by atoms with Gasteiger partial charge in [-0.05, 0) is 49.1 Å². The van der Waals surface area contributed by atoms with Crippen molar-refractivity contribution in [2.24, 2.45) is 10.2 Å². The normalized spacial score (nSPS) is 11.1. The van der Waals surface area contributed by atoms with Crippen LogP contribution in [0.4, 0.5) is 17.1 Å². The third kappa shape index (κ3) is 7.11. The molecule has 0 aliphatic rings. The second-order valence-electron chi connectivity index (χ2n) is 6.23. The van der Waals surface area contributed by atoms with E-state index in [0.717, 1.165) is 24.9 Å². The van der Waals surface area contributed by atoms with E-state index >= 15 is 0 Å². The molecular formula is C20H25N3O3. The van der Waals surface area contributed by atoms with Crippen molar-refractivity contribution < 1.29 is 10.0 Å². The van der Waals surface area contributed by atoms with Crippen molar-refractivity contribution in [2.75, 3.05) is 6.61 Å². The largest absolute Gasteiger partial charge is 0.396 e. The highest BCUT2D eigenvalue weighted by Crippen LogP contribution is 2.22. The Morgan fingerprint density at radius 1 is 0.769 bits per heavy atom. The molecule has 0 fully saturated rings. The smallest absolute Gasteiger partial charge is 0.269 e. The van der Waals surface area contributed by atoms with Gasteiger partial charge in [-0.1, -0.05) is 37.8 Å². The summed E-state index contributed by atoms with van der Waals surface area (Å²) in [6.45, 7) is 0.299. The van der Waals surface area contributed by atoms with Crippen molar-refractivity contribution in [3.05, 3.63) is 64.2 Å². The Labute approximate surface area is 153 Å². The van der Waals surface area contributed by atoms with E-state index in [2.05, 4.69) is 22.4 Å². The quantitative estimate of drug-likeness (QED) is 0.236. The summed E-state index contributed by atoms with van der Waals surface area (Å²) in [5, 5.41) is 27.6. The molecule has 0 bridgehead atoms. The third-order valence-electron chi connectivity index (χ3n) is 4.15. The predicted molar refractivity (Wildman–Crippen MR) is 102 cm³/mol. The van der Waals surface area contributed by atoms with E-state index < -0.39 is 4.92 Å². The molecule has 0 aliphatic carbocycles. The Bertz CT molecular complexity index is 697. The van der Waals surface area contributed by atoms with E-state index in [0.29, 0.717) is 12.3 Å². The predicted octanol–water partition coefficient (Wildman–Crippen LogP) is 5.89. The summed E-state index contributed by atoms with van der Waals surface area (Å²) in [7, 11) is 0. The Hall–Kier alpha value is -2.60. The highest BCUT2D eigenvalue weighted by atomic mass is 16.6. The minimum atomic E-state index is -0.436. The maximum absolute atomic E-state index is 10.6. The molecule has 0 spiro atoms. The number of aliphatic hydroxyl groups excluding tert-OH is 1. The van der Waals surface area contributed by atoms with Crippen LogP contribution in [0.5, 0.6) is 0 Å². The van der Waals surface area contributed by atoms with Crippen LogP contribution in [0, 0.1) is 10.1 Å². The van der Waals surface area contributed by atoms with Gasteiger partial charge in [-0.3, -0.25) is 10.1 Å². The van der Waals surface area contributed by atoms with Crippen molar-refractivity contribution in [3.8, 4) is 0 Å². The lowest BCUT2D eigenvalue weighted by molar-refractivity contribution is -0.384. The van der Waals surface area contributed by atoms with Crippen LogP contribution >= 0.6 is 0 Å². The van der Waals surface area contributed by atoms with Crippen LogP contribution in [0.2, 0.25) is 0 Å². The Kier molecular flexibility index (Phi) is 8.42. The first-order valence-electron chi connectivity index (χ1n) is 9.05. The second-order valence-corrected chi connectivity index (χ2v) is 6.23. The van der Waals surface area contributed by atoms with Gasteiger partial charge in [-0.15, -0.1) is 0 Å². The molecule has 2 aromatic carbocycles. The molecule has 0 heterocycles. The molecule has 1 N–H and O–H groups in total. The van der Waals surface area contributed by atoms with Gasteiger partial charge in [0.25, 0.3) is 5.69 Å². The van der Waals surface area contributed by atoms with Crippen LogP contribution in [0.1, 0.15) is 44.1 Å². The molecule has 0 aliphatic heterocycles. The monoisotopic (exact) mass is 355 g/mol. The second kappa shape index (κ2) is 11.1. The highest BCUT2D eigenvalue weighted by Gasteiger charge is 2.03. The molecule has 2 aromatic rings. The number of rotatable bonds is 11. The molecule has 138 valence electrons. The molecule has 26 heavy (non-hydrogen) atoms. The molecule has 0 saturated carbocycles. The van der Waals surface area contributed by atoms with Gasteiger partial charge in [-0.25, -0.2) is 0 Å². The average Bonchev–Trinajstić information content (AvgIpc) is 2.67. The van der Waals surface area contributed by atoms with Crippen LogP contribution in [0.3, 0.4) is 0 Å². The van der Waals surface area contributed by atoms with Gasteiger partial charge in [0.1, 0.15) is 0 Å². The first-order valence-corrected chi connectivity index (χ1v) is 9.05. The zero-order valence-electron chi connectivity index (χ0n) is 14.9. The van der Waals surface area contributed by atoms with E-state index in [-0.39, 0.29) is 5.69 Å².